The lowest BCUT2D eigenvalue weighted by Gasteiger charge is -2.39. The lowest BCUT2D eigenvalue weighted by molar-refractivity contribution is -0.138. The summed E-state index contributed by atoms with van der Waals surface area (Å²) in [6, 6.07) is 0. The maximum Gasteiger partial charge on any atom is 0.410 e. The second kappa shape index (κ2) is 8.86. The SMILES string of the molecule is CC(C)(C)OC(=O)N1CCCC(C(=O)N2CCN(S(=O)(=O)C3CCS(=O)(=O)C3)CC2)C1. The molecule has 3 rings (SSSR count). The maximum absolute atomic E-state index is 13.0. The number of piperidine rings is 1. The molecule has 178 valence electrons. The average Bonchev–Trinajstić information content (AvgIpc) is 3.07. The number of carbonyl (C=O) groups excluding carboxylic acids is 2. The Kier molecular flexibility index (Phi) is 6.93. The van der Waals surface area contributed by atoms with Gasteiger partial charge in [-0.15, -0.1) is 0 Å². The van der Waals surface area contributed by atoms with Gasteiger partial charge in [0.2, 0.25) is 15.9 Å². The summed E-state index contributed by atoms with van der Waals surface area (Å²) in [6.45, 7) is 7.09. The van der Waals surface area contributed by atoms with E-state index in [9.17, 15) is 26.4 Å². The fourth-order valence-electron chi connectivity index (χ4n) is 4.30. The predicted octanol–water partition coefficient (Wildman–Crippen LogP) is 0.295. The number of piperazine rings is 1. The molecule has 0 bridgehead atoms. The monoisotopic (exact) mass is 479 g/mol. The van der Waals surface area contributed by atoms with E-state index in [1.54, 1.807) is 30.6 Å². The molecule has 3 saturated heterocycles. The number of ether oxygens (including phenoxy) is 1. The number of rotatable bonds is 3. The van der Waals surface area contributed by atoms with E-state index >= 15 is 0 Å². The summed E-state index contributed by atoms with van der Waals surface area (Å²) >= 11 is 0. The summed E-state index contributed by atoms with van der Waals surface area (Å²) in [4.78, 5) is 28.6. The topological polar surface area (TPSA) is 121 Å². The van der Waals surface area contributed by atoms with Crippen molar-refractivity contribution in [3.8, 4) is 0 Å². The number of carbonyl (C=O) groups is 2. The van der Waals surface area contributed by atoms with Crippen molar-refractivity contribution in [1.29, 1.82) is 0 Å². The third-order valence-electron chi connectivity index (χ3n) is 5.94. The van der Waals surface area contributed by atoms with Gasteiger partial charge in [0.25, 0.3) is 0 Å². The van der Waals surface area contributed by atoms with Gasteiger partial charge in [-0.2, -0.15) is 4.31 Å². The minimum atomic E-state index is -3.70. The normalized spacial score (nSPS) is 27.8. The Balaban J connectivity index is 1.54. The Labute approximate surface area is 184 Å². The van der Waals surface area contributed by atoms with E-state index in [1.807, 2.05) is 0 Å². The molecular weight excluding hydrogens is 446 g/mol. The molecule has 2 unspecified atom stereocenters. The zero-order valence-electron chi connectivity index (χ0n) is 18.4. The van der Waals surface area contributed by atoms with Crippen LogP contribution in [0.15, 0.2) is 0 Å². The average molecular weight is 480 g/mol. The highest BCUT2D eigenvalue weighted by atomic mass is 32.2. The van der Waals surface area contributed by atoms with Crippen LogP contribution >= 0.6 is 0 Å². The van der Waals surface area contributed by atoms with Crippen LogP contribution in [-0.4, -0.2) is 105 Å². The molecule has 2 atom stereocenters. The van der Waals surface area contributed by atoms with Gasteiger partial charge in [0, 0.05) is 39.3 Å². The molecule has 3 aliphatic heterocycles. The summed E-state index contributed by atoms with van der Waals surface area (Å²) in [5.41, 5.74) is -0.603. The van der Waals surface area contributed by atoms with Crippen molar-refractivity contribution in [1.82, 2.24) is 14.1 Å². The quantitative estimate of drug-likeness (QED) is 0.570. The predicted molar refractivity (Wildman–Crippen MR) is 115 cm³/mol. The van der Waals surface area contributed by atoms with Gasteiger partial charge in [0.1, 0.15) is 5.60 Å². The molecule has 12 heteroatoms. The highest BCUT2D eigenvalue weighted by Gasteiger charge is 2.42. The zero-order chi connectivity index (χ0) is 23.0. The van der Waals surface area contributed by atoms with Crippen LogP contribution in [0.25, 0.3) is 0 Å². The molecule has 31 heavy (non-hydrogen) atoms. The number of hydrogen-bond acceptors (Lipinski definition) is 7. The summed E-state index contributed by atoms with van der Waals surface area (Å²) < 4.78 is 55.6. The second-order valence-corrected chi connectivity index (χ2v) is 14.0. The van der Waals surface area contributed by atoms with Gasteiger partial charge in [0.15, 0.2) is 9.84 Å². The molecule has 0 saturated carbocycles. The zero-order valence-corrected chi connectivity index (χ0v) is 20.1. The van der Waals surface area contributed by atoms with Crippen LogP contribution in [0.2, 0.25) is 0 Å². The van der Waals surface area contributed by atoms with E-state index in [1.165, 1.54) is 4.31 Å². The van der Waals surface area contributed by atoms with Crippen LogP contribution in [0.4, 0.5) is 4.79 Å². The number of sulfone groups is 1. The first-order chi connectivity index (χ1) is 14.3. The van der Waals surface area contributed by atoms with Gasteiger partial charge in [-0.1, -0.05) is 0 Å². The van der Waals surface area contributed by atoms with Gasteiger partial charge in [-0.3, -0.25) is 4.79 Å². The van der Waals surface area contributed by atoms with Gasteiger partial charge < -0.3 is 14.5 Å². The van der Waals surface area contributed by atoms with Crippen LogP contribution < -0.4 is 0 Å². The van der Waals surface area contributed by atoms with Crippen LogP contribution in [0, 0.1) is 5.92 Å². The Morgan fingerprint density at radius 3 is 2.16 bits per heavy atom. The highest BCUT2D eigenvalue weighted by molar-refractivity contribution is 7.95. The largest absolute Gasteiger partial charge is 0.444 e. The van der Waals surface area contributed by atoms with Gasteiger partial charge >= 0.3 is 6.09 Å². The van der Waals surface area contributed by atoms with E-state index in [0.29, 0.717) is 25.9 Å². The van der Waals surface area contributed by atoms with E-state index in [-0.39, 0.29) is 55.9 Å². The Bertz CT molecular complexity index is 903. The molecule has 0 spiro atoms. The number of amides is 2. The molecule has 0 aromatic heterocycles. The van der Waals surface area contributed by atoms with Crippen molar-refractivity contribution in [3.63, 3.8) is 0 Å². The standard InChI is InChI=1S/C19H33N3O7S2/c1-19(2,3)29-18(24)21-7-4-5-15(13-21)17(23)20-8-10-22(11-9-20)31(27,28)16-6-12-30(25,26)14-16/h15-16H,4-14H2,1-3H3. The minimum Gasteiger partial charge on any atom is -0.444 e. The van der Waals surface area contributed by atoms with Crippen molar-refractivity contribution in [3.05, 3.63) is 0 Å². The molecule has 0 N–H and O–H groups in total. The summed E-state index contributed by atoms with van der Waals surface area (Å²) in [5.74, 6) is -0.819. The summed E-state index contributed by atoms with van der Waals surface area (Å²) in [6.07, 6.45) is 1.09. The van der Waals surface area contributed by atoms with Gasteiger partial charge in [-0.25, -0.2) is 21.6 Å². The first kappa shape index (κ1) is 24.2. The summed E-state index contributed by atoms with van der Waals surface area (Å²) in [7, 11) is -6.99. The fourth-order valence-corrected chi connectivity index (χ4v) is 8.81. The van der Waals surface area contributed by atoms with Crippen molar-refractivity contribution >= 4 is 31.9 Å². The molecule has 3 aliphatic rings. The van der Waals surface area contributed by atoms with Crippen LogP contribution in [0.1, 0.15) is 40.0 Å². The molecule has 2 amide bonds. The highest BCUT2D eigenvalue weighted by Crippen LogP contribution is 2.25. The molecular formula is C19H33N3O7S2. The van der Waals surface area contributed by atoms with Crippen molar-refractivity contribution < 1.29 is 31.2 Å². The third-order valence-corrected chi connectivity index (χ3v) is 10.3. The van der Waals surface area contributed by atoms with Crippen molar-refractivity contribution in [2.75, 3.05) is 50.8 Å². The second-order valence-electron chi connectivity index (χ2n) is 9.56. The lowest BCUT2D eigenvalue weighted by Crippen LogP contribution is -2.55. The smallest absolute Gasteiger partial charge is 0.410 e. The third kappa shape index (κ3) is 5.89. The molecule has 10 nitrogen and oxygen atoms in total. The number of hydrogen-bond donors (Lipinski definition) is 0. The van der Waals surface area contributed by atoms with E-state index in [4.69, 9.17) is 4.74 Å². The van der Waals surface area contributed by atoms with Crippen LogP contribution in [0.5, 0.6) is 0 Å². The van der Waals surface area contributed by atoms with Crippen molar-refractivity contribution in [2.24, 2.45) is 5.92 Å². The molecule has 0 radical (unpaired) electrons. The molecule has 0 aromatic rings. The maximum atomic E-state index is 13.0. The Morgan fingerprint density at radius 2 is 1.61 bits per heavy atom. The Morgan fingerprint density at radius 1 is 0.968 bits per heavy atom. The van der Waals surface area contributed by atoms with Gasteiger partial charge in [-0.05, 0) is 40.0 Å². The molecule has 3 heterocycles. The van der Waals surface area contributed by atoms with E-state index in [0.717, 1.165) is 0 Å². The molecule has 0 aromatic carbocycles. The number of nitrogens with zero attached hydrogens (tertiary/aromatic N) is 3. The van der Waals surface area contributed by atoms with Crippen molar-refractivity contribution in [2.45, 2.75) is 50.9 Å². The lowest BCUT2D eigenvalue weighted by atomic mass is 9.96. The van der Waals surface area contributed by atoms with E-state index < -0.39 is 36.8 Å². The van der Waals surface area contributed by atoms with Crippen LogP contribution in [0.3, 0.4) is 0 Å². The minimum absolute atomic E-state index is 0.0752. The molecule has 0 aliphatic carbocycles. The van der Waals surface area contributed by atoms with Gasteiger partial charge in [0.05, 0.1) is 22.7 Å². The number of sulfonamides is 1. The van der Waals surface area contributed by atoms with Crippen LogP contribution in [-0.2, 0) is 29.4 Å². The first-order valence-electron chi connectivity index (χ1n) is 10.7. The first-order valence-corrected chi connectivity index (χ1v) is 14.1. The fraction of sp³-hybridized carbons (Fsp3) is 0.895. The summed E-state index contributed by atoms with van der Waals surface area (Å²) in [5, 5.41) is -0.888. The Hall–Kier alpha value is -1.40. The number of likely N-dealkylation sites (tertiary alicyclic amines) is 1. The van der Waals surface area contributed by atoms with E-state index in [2.05, 4.69) is 0 Å². The molecule has 3 fully saturated rings.